The van der Waals surface area contributed by atoms with E-state index in [0.29, 0.717) is 12.5 Å². The topological polar surface area (TPSA) is 22.1 Å². The second kappa shape index (κ2) is 12.9. The number of rotatable bonds is 12. The van der Waals surface area contributed by atoms with E-state index in [-0.39, 0.29) is 0 Å². The fraction of sp³-hybridized carbons (Fsp3) is 0.621. The van der Waals surface area contributed by atoms with E-state index in [2.05, 4.69) is 62.3 Å². The van der Waals surface area contributed by atoms with Crippen LogP contribution in [0.4, 0.5) is 0 Å². The van der Waals surface area contributed by atoms with Crippen molar-refractivity contribution in [2.45, 2.75) is 97.3 Å². The summed E-state index contributed by atoms with van der Waals surface area (Å²) in [7, 11) is 0. The zero-order valence-electron chi connectivity index (χ0n) is 20.1. The molecule has 0 amide bonds. The van der Waals surface area contributed by atoms with Crippen molar-refractivity contribution in [3.8, 4) is 16.9 Å². The molecule has 1 aliphatic rings. The van der Waals surface area contributed by atoms with Crippen LogP contribution in [0, 0.1) is 11.8 Å². The molecular weight excluding hydrogens is 378 g/mol. The van der Waals surface area contributed by atoms with E-state index in [1.165, 1.54) is 87.3 Å². The van der Waals surface area contributed by atoms with Gasteiger partial charge in [-0.15, -0.1) is 0 Å². The lowest BCUT2D eigenvalue weighted by molar-refractivity contribution is 0.236. The zero-order valence-corrected chi connectivity index (χ0v) is 20.1. The second-order valence-corrected chi connectivity index (χ2v) is 9.52. The minimum Gasteiger partial charge on any atom is -0.493 e. The van der Waals surface area contributed by atoms with Crippen molar-refractivity contribution in [2.24, 2.45) is 11.8 Å². The largest absolute Gasteiger partial charge is 0.493 e. The molecule has 0 spiro atoms. The summed E-state index contributed by atoms with van der Waals surface area (Å²) in [6, 6.07) is 10.6. The molecule has 0 aliphatic heterocycles. The van der Waals surface area contributed by atoms with Gasteiger partial charge in [-0.2, -0.15) is 0 Å². The summed E-state index contributed by atoms with van der Waals surface area (Å²) in [5.41, 5.74) is 3.88. The van der Waals surface area contributed by atoms with Crippen molar-refractivity contribution in [2.75, 3.05) is 6.61 Å². The van der Waals surface area contributed by atoms with Gasteiger partial charge >= 0.3 is 0 Å². The van der Waals surface area contributed by atoms with Crippen LogP contribution in [0.25, 0.3) is 11.1 Å². The van der Waals surface area contributed by atoms with Gasteiger partial charge in [0.1, 0.15) is 5.75 Å². The summed E-state index contributed by atoms with van der Waals surface area (Å²) in [6.45, 7) is 7.46. The van der Waals surface area contributed by atoms with Crippen molar-refractivity contribution in [3.63, 3.8) is 0 Å². The number of hydrogen-bond donors (Lipinski definition) is 0. The lowest BCUT2D eigenvalue weighted by atomic mass is 9.72. The number of nitrogens with zero attached hydrogens (tertiary/aromatic N) is 1. The lowest BCUT2D eigenvalue weighted by Gasteiger charge is -2.33. The Morgan fingerprint density at radius 3 is 2.42 bits per heavy atom. The van der Waals surface area contributed by atoms with Gasteiger partial charge in [0.2, 0.25) is 0 Å². The van der Waals surface area contributed by atoms with Gasteiger partial charge < -0.3 is 4.74 Å². The summed E-state index contributed by atoms with van der Waals surface area (Å²) in [5, 5.41) is 0. The summed E-state index contributed by atoms with van der Waals surface area (Å²) in [5.74, 6) is 3.24. The number of benzene rings is 1. The first-order valence-corrected chi connectivity index (χ1v) is 12.9. The van der Waals surface area contributed by atoms with E-state index in [9.17, 15) is 0 Å². The fourth-order valence-electron chi connectivity index (χ4n) is 5.43. The van der Waals surface area contributed by atoms with Crippen LogP contribution in [0.1, 0.15) is 103 Å². The van der Waals surface area contributed by atoms with Crippen LogP contribution in [-0.4, -0.2) is 11.6 Å². The molecule has 31 heavy (non-hydrogen) atoms. The number of aromatic nitrogens is 1. The number of pyridine rings is 1. The molecule has 1 saturated carbocycles. The fourth-order valence-corrected chi connectivity index (χ4v) is 5.43. The molecule has 2 aromatic rings. The van der Waals surface area contributed by atoms with E-state index in [4.69, 9.17) is 4.74 Å². The maximum absolute atomic E-state index is 5.93. The molecule has 3 rings (SSSR count). The molecule has 1 unspecified atom stereocenters. The summed E-state index contributed by atoms with van der Waals surface area (Å²) >= 11 is 0. The highest BCUT2D eigenvalue weighted by atomic mass is 16.5. The normalized spacial score (nSPS) is 19.8. The Morgan fingerprint density at radius 2 is 1.65 bits per heavy atom. The van der Waals surface area contributed by atoms with Crippen molar-refractivity contribution in [3.05, 3.63) is 48.3 Å². The summed E-state index contributed by atoms with van der Waals surface area (Å²) < 4.78 is 5.93. The summed E-state index contributed by atoms with van der Waals surface area (Å²) in [4.78, 5) is 4.51. The van der Waals surface area contributed by atoms with Gasteiger partial charge in [-0.1, -0.05) is 89.8 Å². The molecule has 0 saturated heterocycles. The predicted octanol–water partition coefficient (Wildman–Crippen LogP) is 8.81. The van der Waals surface area contributed by atoms with Gasteiger partial charge in [0, 0.05) is 18.0 Å². The second-order valence-electron chi connectivity index (χ2n) is 9.52. The number of hydrogen-bond acceptors (Lipinski definition) is 2. The minimum absolute atomic E-state index is 0.536. The maximum Gasteiger partial charge on any atom is 0.127 e. The highest BCUT2D eigenvalue weighted by molar-refractivity contribution is 5.73. The highest BCUT2D eigenvalue weighted by Crippen LogP contribution is 2.43. The van der Waals surface area contributed by atoms with Crippen molar-refractivity contribution in [1.82, 2.24) is 4.98 Å². The standard InChI is InChI=1S/C29H43NO/c1-4-6-7-8-9-10-13-24-16-18-25(19-17-24)23(3)28-22-30-21-20-26(28)27-14-11-12-15-29(27)31-5-2/h11-12,14-15,20-25H,4-10,13,16-19H2,1-3H3. The maximum atomic E-state index is 5.93. The van der Waals surface area contributed by atoms with Crippen molar-refractivity contribution < 1.29 is 4.74 Å². The Morgan fingerprint density at radius 1 is 0.903 bits per heavy atom. The van der Waals surface area contributed by atoms with Crippen LogP contribution in [0.2, 0.25) is 0 Å². The number of para-hydroxylation sites is 1. The van der Waals surface area contributed by atoms with E-state index < -0.39 is 0 Å². The predicted molar refractivity (Wildman–Crippen MR) is 133 cm³/mol. The molecule has 1 aromatic heterocycles. The highest BCUT2D eigenvalue weighted by Gasteiger charge is 2.27. The SMILES string of the molecule is CCCCCCCCC1CCC(C(C)c2cnccc2-c2ccccc2OCC)CC1. The monoisotopic (exact) mass is 421 g/mol. The number of unbranched alkanes of at least 4 members (excludes halogenated alkanes) is 5. The molecule has 0 radical (unpaired) electrons. The molecule has 1 fully saturated rings. The van der Waals surface area contributed by atoms with Crippen molar-refractivity contribution in [1.29, 1.82) is 0 Å². The van der Waals surface area contributed by atoms with Gasteiger partial charge in [-0.3, -0.25) is 4.98 Å². The molecule has 2 heteroatoms. The van der Waals surface area contributed by atoms with Crippen LogP contribution < -0.4 is 4.74 Å². The Balaban J connectivity index is 1.58. The first kappa shape index (κ1) is 23.8. The first-order valence-electron chi connectivity index (χ1n) is 12.9. The first-order chi connectivity index (χ1) is 15.2. The Hall–Kier alpha value is -1.83. The molecule has 0 N–H and O–H groups in total. The Kier molecular flexibility index (Phi) is 9.90. The number of ether oxygens (including phenoxy) is 1. The van der Waals surface area contributed by atoms with Crippen LogP contribution >= 0.6 is 0 Å². The average Bonchev–Trinajstić information content (AvgIpc) is 2.82. The quantitative estimate of drug-likeness (QED) is 0.319. The molecular formula is C29H43NO. The molecule has 1 atom stereocenters. The van der Waals surface area contributed by atoms with Crippen LogP contribution in [0.3, 0.4) is 0 Å². The third kappa shape index (κ3) is 6.82. The third-order valence-electron chi connectivity index (χ3n) is 7.38. The molecule has 1 aliphatic carbocycles. The van der Waals surface area contributed by atoms with E-state index in [1.807, 2.05) is 6.20 Å². The van der Waals surface area contributed by atoms with Gasteiger partial charge in [0.25, 0.3) is 0 Å². The van der Waals surface area contributed by atoms with Gasteiger partial charge in [0.15, 0.2) is 0 Å². The average molecular weight is 422 g/mol. The van der Waals surface area contributed by atoms with E-state index >= 15 is 0 Å². The molecule has 170 valence electrons. The van der Waals surface area contributed by atoms with Crippen molar-refractivity contribution >= 4 is 0 Å². The zero-order chi connectivity index (χ0) is 21.9. The van der Waals surface area contributed by atoms with E-state index in [0.717, 1.165) is 17.6 Å². The van der Waals surface area contributed by atoms with Crippen LogP contribution in [0.15, 0.2) is 42.7 Å². The Bertz CT molecular complexity index is 763. The molecule has 2 nitrogen and oxygen atoms in total. The van der Waals surface area contributed by atoms with Crippen LogP contribution in [-0.2, 0) is 0 Å². The molecule has 1 aromatic carbocycles. The minimum atomic E-state index is 0.536. The van der Waals surface area contributed by atoms with Gasteiger partial charge in [0.05, 0.1) is 6.61 Å². The van der Waals surface area contributed by atoms with Gasteiger partial charge in [-0.25, -0.2) is 0 Å². The third-order valence-corrected chi connectivity index (χ3v) is 7.38. The van der Waals surface area contributed by atoms with Crippen LogP contribution in [0.5, 0.6) is 5.75 Å². The smallest absolute Gasteiger partial charge is 0.127 e. The molecule has 1 heterocycles. The van der Waals surface area contributed by atoms with E-state index in [1.54, 1.807) is 0 Å². The van der Waals surface area contributed by atoms with Gasteiger partial charge in [-0.05, 0) is 60.8 Å². The lowest BCUT2D eigenvalue weighted by Crippen LogP contribution is -2.19. The Labute approximate surface area is 190 Å². The summed E-state index contributed by atoms with van der Waals surface area (Å²) in [6.07, 6.45) is 19.5. The molecule has 0 bridgehead atoms.